The summed E-state index contributed by atoms with van der Waals surface area (Å²) in [5.41, 5.74) is 0. The fourth-order valence-electron chi connectivity index (χ4n) is 1.81. The number of thiophene rings is 1. The summed E-state index contributed by atoms with van der Waals surface area (Å²) >= 11 is 1.71. The van der Waals surface area contributed by atoms with Crippen molar-refractivity contribution in [1.82, 2.24) is 4.90 Å². The molecule has 0 saturated carbocycles. The van der Waals surface area contributed by atoms with E-state index >= 15 is 0 Å². The summed E-state index contributed by atoms with van der Waals surface area (Å²) in [6, 6.07) is 4.11. The fourth-order valence-corrected chi connectivity index (χ4v) is 2.58. The molecule has 0 radical (unpaired) electrons. The SMILES string of the molecule is OC(Cc1cccs1)CN1CCOCC1. The van der Waals surface area contributed by atoms with E-state index in [1.165, 1.54) is 4.88 Å². The molecule has 15 heavy (non-hydrogen) atoms. The minimum atomic E-state index is -0.248. The summed E-state index contributed by atoms with van der Waals surface area (Å²) in [5.74, 6) is 0. The number of ether oxygens (including phenoxy) is 1. The molecule has 1 aromatic heterocycles. The molecule has 2 heterocycles. The molecule has 84 valence electrons. The van der Waals surface area contributed by atoms with Crippen molar-refractivity contribution in [2.75, 3.05) is 32.8 Å². The molecule has 1 fully saturated rings. The average molecular weight is 227 g/mol. The van der Waals surface area contributed by atoms with Crippen LogP contribution in [-0.4, -0.2) is 49.0 Å². The van der Waals surface area contributed by atoms with Crippen molar-refractivity contribution >= 4 is 11.3 Å². The van der Waals surface area contributed by atoms with Crippen LogP contribution in [0, 0.1) is 0 Å². The highest BCUT2D eigenvalue weighted by atomic mass is 32.1. The number of aliphatic hydroxyl groups excluding tert-OH is 1. The molecule has 1 aromatic rings. The standard InChI is InChI=1S/C11H17NO2S/c13-10(8-11-2-1-7-15-11)9-12-3-5-14-6-4-12/h1-2,7,10,13H,3-6,8-9H2. The van der Waals surface area contributed by atoms with E-state index in [0.29, 0.717) is 0 Å². The minimum Gasteiger partial charge on any atom is -0.391 e. The maximum absolute atomic E-state index is 9.90. The largest absolute Gasteiger partial charge is 0.391 e. The van der Waals surface area contributed by atoms with Crippen LogP contribution < -0.4 is 0 Å². The fraction of sp³-hybridized carbons (Fsp3) is 0.636. The second-order valence-corrected chi connectivity index (χ2v) is 4.88. The van der Waals surface area contributed by atoms with Crippen LogP contribution in [0.25, 0.3) is 0 Å². The van der Waals surface area contributed by atoms with Gasteiger partial charge in [0.15, 0.2) is 0 Å². The second-order valence-electron chi connectivity index (χ2n) is 3.85. The van der Waals surface area contributed by atoms with Gasteiger partial charge in [-0.05, 0) is 11.4 Å². The van der Waals surface area contributed by atoms with Gasteiger partial charge in [0.05, 0.1) is 19.3 Å². The van der Waals surface area contributed by atoms with Crippen LogP contribution in [0.4, 0.5) is 0 Å². The number of β-amino-alcohol motifs (C(OH)–C–C–N with tert-alkyl or cyclic N) is 1. The van der Waals surface area contributed by atoms with Crippen LogP contribution in [0.2, 0.25) is 0 Å². The molecule has 1 aliphatic heterocycles. The minimum absolute atomic E-state index is 0.248. The lowest BCUT2D eigenvalue weighted by molar-refractivity contribution is 0.0150. The maximum Gasteiger partial charge on any atom is 0.0715 e. The number of morpholine rings is 1. The lowest BCUT2D eigenvalue weighted by Gasteiger charge is -2.28. The Labute approximate surface area is 94.3 Å². The number of hydrogen-bond acceptors (Lipinski definition) is 4. The van der Waals surface area contributed by atoms with Crippen LogP contribution in [0.1, 0.15) is 4.88 Å². The van der Waals surface area contributed by atoms with Crippen LogP contribution in [0.3, 0.4) is 0 Å². The Morgan fingerprint density at radius 1 is 1.47 bits per heavy atom. The van der Waals surface area contributed by atoms with Crippen LogP contribution in [0.5, 0.6) is 0 Å². The smallest absolute Gasteiger partial charge is 0.0715 e. The van der Waals surface area contributed by atoms with E-state index in [9.17, 15) is 5.11 Å². The van der Waals surface area contributed by atoms with Crippen LogP contribution in [0.15, 0.2) is 17.5 Å². The highest BCUT2D eigenvalue weighted by Gasteiger charge is 2.15. The normalized spacial score (nSPS) is 20.3. The van der Waals surface area contributed by atoms with Gasteiger partial charge in [-0.15, -0.1) is 11.3 Å². The lowest BCUT2D eigenvalue weighted by atomic mass is 10.2. The lowest BCUT2D eigenvalue weighted by Crippen LogP contribution is -2.41. The Morgan fingerprint density at radius 3 is 2.93 bits per heavy atom. The molecule has 0 bridgehead atoms. The van der Waals surface area contributed by atoms with Gasteiger partial charge < -0.3 is 9.84 Å². The molecule has 4 heteroatoms. The molecular formula is C11H17NO2S. The Kier molecular flexibility index (Phi) is 4.14. The van der Waals surface area contributed by atoms with Crippen LogP contribution in [-0.2, 0) is 11.2 Å². The van der Waals surface area contributed by atoms with E-state index in [0.717, 1.165) is 39.3 Å². The van der Waals surface area contributed by atoms with Crippen molar-refractivity contribution in [2.45, 2.75) is 12.5 Å². The third-order valence-electron chi connectivity index (χ3n) is 2.59. The molecule has 1 aliphatic rings. The Bertz CT molecular complexity index is 270. The van der Waals surface area contributed by atoms with E-state index in [2.05, 4.69) is 16.3 Å². The van der Waals surface area contributed by atoms with E-state index in [-0.39, 0.29) is 6.10 Å². The monoisotopic (exact) mass is 227 g/mol. The van der Waals surface area contributed by atoms with Gasteiger partial charge >= 0.3 is 0 Å². The van der Waals surface area contributed by atoms with Crippen molar-refractivity contribution in [3.63, 3.8) is 0 Å². The van der Waals surface area contributed by atoms with Gasteiger partial charge in [-0.25, -0.2) is 0 Å². The number of rotatable bonds is 4. The average Bonchev–Trinajstić information content (AvgIpc) is 2.71. The highest BCUT2D eigenvalue weighted by molar-refractivity contribution is 7.09. The van der Waals surface area contributed by atoms with Gasteiger partial charge in [-0.2, -0.15) is 0 Å². The van der Waals surface area contributed by atoms with Crippen molar-refractivity contribution in [2.24, 2.45) is 0 Å². The summed E-state index contributed by atoms with van der Waals surface area (Å²) in [5, 5.41) is 11.9. The molecule has 0 aliphatic carbocycles. The summed E-state index contributed by atoms with van der Waals surface area (Å²) in [7, 11) is 0. The van der Waals surface area contributed by atoms with Gasteiger partial charge in [0, 0.05) is 30.9 Å². The first-order valence-corrected chi connectivity index (χ1v) is 6.23. The second kappa shape index (κ2) is 5.61. The van der Waals surface area contributed by atoms with Crippen molar-refractivity contribution < 1.29 is 9.84 Å². The molecule has 0 spiro atoms. The summed E-state index contributed by atoms with van der Waals surface area (Å²) < 4.78 is 5.27. The Balaban J connectivity index is 1.74. The molecule has 1 atom stereocenters. The quantitative estimate of drug-likeness (QED) is 0.832. The predicted molar refractivity (Wildman–Crippen MR) is 61.3 cm³/mol. The molecule has 2 rings (SSSR count). The highest BCUT2D eigenvalue weighted by Crippen LogP contribution is 2.12. The first-order chi connectivity index (χ1) is 7.34. The van der Waals surface area contributed by atoms with E-state index < -0.39 is 0 Å². The summed E-state index contributed by atoms with van der Waals surface area (Å²) in [6.07, 6.45) is 0.524. The maximum atomic E-state index is 9.90. The molecular weight excluding hydrogens is 210 g/mol. The Morgan fingerprint density at radius 2 is 2.27 bits per heavy atom. The molecule has 1 N–H and O–H groups in total. The van der Waals surface area contributed by atoms with Gasteiger partial charge in [0.1, 0.15) is 0 Å². The van der Waals surface area contributed by atoms with Gasteiger partial charge in [0.25, 0.3) is 0 Å². The number of hydrogen-bond donors (Lipinski definition) is 1. The first kappa shape index (κ1) is 11.1. The van der Waals surface area contributed by atoms with Crippen LogP contribution >= 0.6 is 11.3 Å². The van der Waals surface area contributed by atoms with E-state index in [1.54, 1.807) is 11.3 Å². The number of aliphatic hydroxyl groups is 1. The van der Waals surface area contributed by atoms with Gasteiger partial charge in [-0.3, -0.25) is 4.90 Å². The third-order valence-corrected chi connectivity index (χ3v) is 3.49. The first-order valence-electron chi connectivity index (χ1n) is 5.35. The molecule has 0 amide bonds. The van der Waals surface area contributed by atoms with Crippen molar-refractivity contribution in [1.29, 1.82) is 0 Å². The van der Waals surface area contributed by atoms with Gasteiger partial charge in [0.2, 0.25) is 0 Å². The van der Waals surface area contributed by atoms with E-state index in [4.69, 9.17) is 4.74 Å². The van der Waals surface area contributed by atoms with Crippen molar-refractivity contribution in [3.8, 4) is 0 Å². The Hall–Kier alpha value is -0.420. The third kappa shape index (κ3) is 3.57. The topological polar surface area (TPSA) is 32.7 Å². The molecule has 0 aromatic carbocycles. The molecule has 3 nitrogen and oxygen atoms in total. The van der Waals surface area contributed by atoms with E-state index in [1.807, 2.05) is 6.07 Å². The number of nitrogens with zero attached hydrogens (tertiary/aromatic N) is 1. The van der Waals surface area contributed by atoms with Crippen molar-refractivity contribution in [3.05, 3.63) is 22.4 Å². The zero-order chi connectivity index (χ0) is 10.5. The predicted octanol–water partition coefficient (Wildman–Crippen LogP) is 0.984. The zero-order valence-electron chi connectivity index (χ0n) is 8.76. The molecule has 1 unspecified atom stereocenters. The zero-order valence-corrected chi connectivity index (χ0v) is 9.58. The summed E-state index contributed by atoms with van der Waals surface area (Å²) in [6.45, 7) is 4.25. The summed E-state index contributed by atoms with van der Waals surface area (Å²) in [4.78, 5) is 3.53. The molecule has 1 saturated heterocycles. The van der Waals surface area contributed by atoms with Gasteiger partial charge in [-0.1, -0.05) is 6.07 Å².